The summed E-state index contributed by atoms with van der Waals surface area (Å²) in [5.74, 6) is -0.854. The zero-order chi connectivity index (χ0) is 51.4. The molecule has 6 heteroatoms. The molecule has 0 saturated heterocycles. The molecule has 0 aliphatic rings. The Morgan fingerprint density at radius 1 is 0.268 bits per heavy atom. The molecule has 0 aromatic heterocycles. The first-order chi connectivity index (χ1) is 35.0. The van der Waals surface area contributed by atoms with E-state index in [0.29, 0.717) is 19.3 Å². The molecule has 0 saturated carbocycles. The minimum absolute atomic E-state index is 0.0701. The Morgan fingerprint density at radius 2 is 0.465 bits per heavy atom. The van der Waals surface area contributed by atoms with Crippen molar-refractivity contribution in [3.8, 4) is 0 Å². The molecule has 0 unspecified atom stereocenters. The van der Waals surface area contributed by atoms with E-state index in [2.05, 4.69) is 45.1 Å². The van der Waals surface area contributed by atoms with Crippen molar-refractivity contribution in [2.75, 3.05) is 13.2 Å². The van der Waals surface area contributed by atoms with Crippen LogP contribution in [0.5, 0.6) is 0 Å². The topological polar surface area (TPSA) is 78.9 Å². The number of esters is 3. The summed E-state index contributed by atoms with van der Waals surface area (Å²) in [5.41, 5.74) is 0. The van der Waals surface area contributed by atoms with E-state index in [1.54, 1.807) is 0 Å². The van der Waals surface area contributed by atoms with E-state index < -0.39 is 6.10 Å². The summed E-state index contributed by atoms with van der Waals surface area (Å²) >= 11 is 0. The van der Waals surface area contributed by atoms with Crippen molar-refractivity contribution in [2.45, 2.75) is 361 Å². The fourth-order valence-corrected chi connectivity index (χ4v) is 9.61. The lowest BCUT2D eigenvalue weighted by Gasteiger charge is -2.18. The Kier molecular flexibility index (Phi) is 58.6. The summed E-state index contributed by atoms with van der Waals surface area (Å²) < 4.78 is 16.9. The summed E-state index contributed by atoms with van der Waals surface area (Å²) in [4.78, 5) is 38.3. The van der Waals surface area contributed by atoms with Gasteiger partial charge < -0.3 is 14.2 Å². The Bertz CT molecular complexity index is 1150. The smallest absolute Gasteiger partial charge is 0.306 e. The fraction of sp³-hybridized carbons (Fsp3) is 0.892. The molecule has 0 aliphatic heterocycles. The monoisotopic (exact) mass is 999 g/mol. The van der Waals surface area contributed by atoms with Gasteiger partial charge in [-0.15, -0.1) is 0 Å². The quantitative estimate of drug-likeness (QED) is 0.0261. The third-order valence-corrected chi connectivity index (χ3v) is 14.4. The molecule has 418 valence electrons. The van der Waals surface area contributed by atoms with Crippen LogP contribution in [0.1, 0.15) is 355 Å². The summed E-state index contributed by atoms with van der Waals surface area (Å²) in [6, 6.07) is 0. The molecule has 0 amide bonds. The van der Waals surface area contributed by atoms with E-state index in [1.165, 1.54) is 250 Å². The minimum Gasteiger partial charge on any atom is -0.462 e. The van der Waals surface area contributed by atoms with Crippen LogP contribution in [0.3, 0.4) is 0 Å². The van der Waals surface area contributed by atoms with Crippen LogP contribution in [0.15, 0.2) is 24.3 Å². The van der Waals surface area contributed by atoms with Gasteiger partial charge in [0.05, 0.1) is 0 Å². The van der Waals surface area contributed by atoms with Crippen LogP contribution in [-0.2, 0) is 28.6 Å². The van der Waals surface area contributed by atoms with E-state index >= 15 is 0 Å². The van der Waals surface area contributed by atoms with Gasteiger partial charge in [-0.3, -0.25) is 14.4 Å². The van der Waals surface area contributed by atoms with Crippen molar-refractivity contribution < 1.29 is 28.6 Å². The van der Waals surface area contributed by atoms with Gasteiger partial charge in [-0.1, -0.05) is 289 Å². The molecule has 0 N–H and O–H groups in total. The molecule has 0 fully saturated rings. The molecule has 1 atom stereocenters. The molecule has 0 spiro atoms. The number of carbonyl (C=O) groups is 3. The molecule has 0 aromatic carbocycles. The molecule has 0 radical (unpaired) electrons. The highest BCUT2D eigenvalue weighted by molar-refractivity contribution is 5.71. The second-order valence-electron chi connectivity index (χ2n) is 21.7. The van der Waals surface area contributed by atoms with Crippen LogP contribution in [0.4, 0.5) is 0 Å². The van der Waals surface area contributed by atoms with Crippen molar-refractivity contribution in [3.05, 3.63) is 24.3 Å². The van der Waals surface area contributed by atoms with Gasteiger partial charge in [0.2, 0.25) is 0 Å². The SMILES string of the molecule is CCCCCCCC/C=C\CCCCCCCCCCCC(=O)OC[C@H](COC(=O)CCCCCCC/C=C\CCCCCCCC)OC(=O)CCCCCCCCCCCCCCCCCCCCC. The maximum Gasteiger partial charge on any atom is 0.306 e. The molecule has 0 aliphatic carbocycles. The zero-order valence-corrected chi connectivity index (χ0v) is 48.0. The van der Waals surface area contributed by atoms with Crippen molar-refractivity contribution in [3.63, 3.8) is 0 Å². The van der Waals surface area contributed by atoms with Gasteiger partial charge in [0.25, 0.3) is 0 Å². The molecule has 0 aromatic rings. The second kappa shape index (κ2) is 60.4. The maximum absolute atomic E-state index is 12.9. The number of allylic oxidation sites excluding steroid dienone is 4. The van der Waals surface area contributed by atoms with Crippen molar-refractivity contribution in [2.24, 2.45) is 0 Å². The van der Waals surface area contributed by atoms with Crippen molar-refractivity contribution >= 4 is 17.9 Å². The van der Waals surface area contributed by atoms with Gasteiger partial charge in [0, 0.05) is 19.3 Å². The highest BCUT2D eigenvalue weighted by atomic mass is 16.6. The highest BCUT2D eigenvalue weighted by Crippen LogP contribution is 2.17. The third kappa shape index (κ3) is 58.7. The van der Waals surface area contributed by atoms with E-state index in [-0.39, 0.29) is 31.1 Å². The third-order valence-electron chi connectivity index (χ3n) is 14.4. The van der Waals surface area contributed by atoms with Gasteiger partial charge in [-0.05, 0) is 70.6 Å². The zero-order valence-electron chi connectivity index (χ0n) is 48.0. The van der Waals surface area contributed by atoms with E-state index in [1.807, 2.05) is 0 Å². The van der Waals surface area contributed by atoms with Crippen molar-refractivity contribution in [1.29, 1.82) is 0 Å². The number of unbranched alkanes of at least 4 members (excludes halogenated alkanes) is 44. The van der Waals surface area contributed by atoms with Gasteiger partial charge in [0.15, 0.2) is 6.10 Å². The Balaban J connectivity index is 4.32. The maximum atomic E-state index is 12.9. The van der Waals surface area contributed by atoms with Crippen LogP contribution in [-0.4, -0.2) is 37.2 Å². The number of ether oxygens (including phenoxy) is 3. The normalized spacial score (nSPS) is 12.1. The molecule has 0 bridgehead atoms. The molecular formula is C65H122O6. The van der Waals surface area contributed by atoms with Gasteiger partial charge in [0.1, 0.15) is 13.2 Å². The van der Waals surface area contributed by atoms with E-state index in [4.69, 9.17) is 14.2 Å². The first-order valence-corrected chi connectivity index (χ1v) is 31.8. The minimum atomic E-state index is -0.772. The van der Waals surface area contributed by atoms with E-state index in [0.717, 1.165) is 64.2 Å². The number of rotatable bonds is 59. The van der Waals surface area contributed by atoms with Crippen LogP contribution < -0.4 is 0 Å². The summed E-state index contributed by atoms with van der Waals surface area (Å²) in [6.45, 7) is 6.69. The average Bonchev–Trinajstić information content (AvgIpc) is 3.37. The number of carbonyl (C=O) groups excluding carboxylic acids is 3. The summed E-state index contributed by atoms with van der Waals surface area (Å²) in [6.07, 6.45) is 71.8. The predicted molar refractivity (Wildman–Crippen MR) is 307 cm³/mol. The van der Waals surface area contributed by atoms with Crippen LogP contribution in [0.25, 0.3) is 0 Å². The summed E-state index contributed by atoms with van der Waals surface area (Å²) in [5, 5.41) is 0. The Labute approximate surface area is 443 Å². The van der Waals surface area contributed by atoms with Crippen LogP contribution in [0.2, 0.25) is 0 Å². The first kappa shape index (κ1) is 68.9. The summed E-state index contributed by atoms with van der Waals surface area (Å²) in [7, 11) is 0. The van der Waals surface area contributed by atoms with Gasteiger partial charge in [-0.2, -0.15) is 0 Å². The lowest BCUT2D eigenvalue weighted by molar-refractivity contribution is -0.167. The number of hydrogen-bond donors (Lipinski definition) is 0. The molecular weight excluding hydrogens is 877 g/mol. The van der Waals surface area contributed by atoms with Crippen LogP contribution >= 0.6 is 0 Å². The van der Waals surface area contributed by atoms with Gasteiger partial charge >= 0.3 is 17.9 Å². The molecule has 0 rings (SSSR count). The average molecular weight is 1000 g/mol. The fourth-order valence-electron chi connectivity index (χ4n) is 9.61. The Hall–Kier alpha value is -2.11. The Morgan fingerprint density at radius 3 is 0.704 bits per heavy atom. The molecule has 71 heavy (non-hydrogen) atoms. The van der Waals surface area contributed by atoms with Gasteiger partial charge in [-0.25, -0.2) is 0 Å². The van der Waals surface area contributed by atoms with E-state index in [9.17, 15) is 14.4 Å². The molecule has 6 nitrogen and oxygen atoms in total. The van der Waals surface area contributed by atoms with Crippen LogP contribution in [0, 0.1) is 0 Å². The largest absolute Gasteiger partial charge is 0.462 e. The standard InChI is InChI=1S/C65H122O6/c1-4-7-10-13-16-19-22-25-28-30-32-34-37-40-43-46-49-52-55-58-64(67)70-61-62(60-69-63(66)57-54-51-48-45-42-39-36-27-24-21-18-15-12-9-6-3)71-65(68)59-56-53-50-47-44-41-38-35-33-31-29-26-23-20-17-14-11-8-5-2/h25,27-28,36,62H,4-24,26,29-35,37-61H2,1-3H3/b28-25-,36-27-/t62-/m0/s1. The second-order valence-corrected chi connectivity index (χ2v) is 21.7. The first-order valence-electron chi connectivity index (χ1n) is 31.8. The number of hydrogen-bond acceptors (Lipinski definition) is 6. The predicted octanol–water partition coefficient (Wildman–Crippen LogP) is 21.4. The highest BCUT2D eigenvalue weighted by Gasteiger charge is 2.19. The lowest BCUT2D eigenvalue weighted by Crippen LogP contribution is -2.30. The van der Waals surface area contributed by atoms with Crippen molar-refractivity contribution in [1.82, 2.24) is 0 Å². The molecule has 0 heterocycles. The lowest BCUT2D eigenvalue weighted by atomic mass is 10.0.